The lowest BCUT2D eigenvalue weighted by Crippen LogP contribution is -3.19. The Bertz CT molecular complexity index is 439. The van der Waals surface area contributed by atoms with Crippen molar-refractivity contribution in [3.63, 3.8) is 0 Å². The molecule has 6 aliphatic heterocycles. The van der Waals surface area contributed by atoms with E-state index >= 15 is 0 Å². The van der Waals surface area contributed by atoms with Gasteiger partial charge >= 0.3 is 0 Å². The topological polar surface area (TPSA) is 4.44 Å². The maximum atomic E-state index is 2.43. The molecule has 0 aromatic rings. The summed E-state index contributed by atoms with van der Waals surface area (Å²) in [6.45, 7) is 31.3. The molecule has 27 heavy (non-hydrogen) atoms. The summed E-state index contributed by atoms with van der Waals surface area (Å²) in [4.78, 5) is 1.85. The van der Waals surface area contributed by atoms with E-state index in [0.29, 0.717) is 11.1 Å². The molecule has 1 N–H and O–H groups in total. The first kappa shape index (κ1) is 24.9. The number of piperazine rings is 6. The second-order valence-corrected chi connectivity index (χ2v) is 11.8. The van der Waals surface area contributed by atoms with Gasteiger partial charge in [0, 0.05) is 0 Å². The quantitative estimate of drug-likeness (QED) is 0.606. The Morgan fingerprint density at radius 2 is 0.815 bits per heavy atom. The summed E-state index contributed by atoms with van der Waals surface area (Å²) in [5.41, 5.74) is 0.942. The van der Waals surface area contributed by atoms with E-state index in [0.717, 1.165) is 0 Å². The minimum absolute atomic E-state index is 0. The van der Waals surface area contributed by atoms with Crippen LogP contribution in [0.3, 0.4) is 0 Å². The highest BCUT2D eigenvalue weighted by atomic mass is 15.5. The monoisotopic (exact) mass is 386 g/mol. The summed E-state index contributed by atoms with van der Waals surface area (Å²) < 4.78 is 4.10. The molecule has 0 spiro atoms. The number of nitrogens with zero attached hydrogens (tertiary/aromatic N) is 3. The van der Waals surface area contributed by atoms with Crippen LogP contribution in [0.1, 0.15) is 56.4 Å². The summed E-state index contributed by atoms with van der Waals surface area (Å²) >= 11 is 0. The molecule has 4 bridgehead atoms. The first-order valence-corrected chi connectivity index (χ1v) is 10.8. The number of hydrogen-bond acceptors (Lipinski definition) is 0. The van der Waals surface area contributed by atoms with Crippen LogP contribution in [0.15, 0.2) is 0 Å². The predicted octanol–water partition coefficient (Wildman–Crippen LogP) is 1.86. The molecular weight excluding hydrogens is 332 g/mol. The number of quaternary nitrogens is 4. The van der Waals surface area contributed by atoms with Crippen LogP contribution in [0.5, 0.6) is 0 Å². The fraction of sp³-hybridized carbons (Fsp3) is 1.00. The summed E-state index contributed by atoms with van der Waals surface area (Å²) in [6.07, 6.45) is 0. The van der Waals surface area contributed by atoms with Gasteiger partial charge in [-0.2, -0.15) is 0 Å². The van der Waals surface area contributed by atoms with Gasteiger partial charge in [-0.15, -0.1) is 0 Å². The molecule has 0 saturated carbocycles. The molecule has 6 aliphatic rings. The van der Waals surface area contributed by atoms with Crippen LogP contribution in [0, 0.1) is 0 Å². The van der Waals surface area contributed by atoms with E-state index in [1.165, 1.54) is 92.0 Å². The maximum absolute atomic E-state index is 2.43. The minimum atomic E-state index is 0. The summed E-state index contributed by atoms with van der Waals surface area (Å²) in [6, 6.07) is 0. The predicted molar refractivity (Wildman–Crippen MR) is 119 cm³/mol. The van der Waals surface area contributed by atoms with Gasteiger partial charge in [-0.3, -0.25) is 0 Å². The molecular formula is C23H54N4+4. The van der Waals surface area contributed by atoms with Crippen LogP contribution in [-0.4, -0.2) is 110 Å². The second kappa shape index (κ2) is 7.93. The highest BCUT2D eigenvalue weighted by Crippen LogP contribution is 2.33. The zero-order valence-electron chi connectivity index (χ0n) is 18.3. The van der Waals surface area contributed by atoms with Crippen molar-refractivity contribution < 1.29 is 18.3 Å². The third kappa shape index (κ3) is 4.55. The Kier molecular flexibility index (Phi) is 7.31. The van der Waals surface area contributed by atoms with E-state index < -0.39 is 0 Å². The van der Waals surface area contributed by atoms with Crippen molar-refractivity contribution in [3.05, 3.63) is 0 Å². The van der Waals surface area contributed by atoms with E-state index in [-0.39, 0.29) is 14.9 Å². The molecule has 6 heterocycles. The Hall–Kier alpha value is -0.160. The first-order chi connectivity index (χ1) is 11.4. The summed E-state index contributed by atoms with van der Waals surface area (Å²) in [5, 5.41) is 0. The second-order valence-electron chi connectivity index (χ2n) is 11.8. The highest BCUT2D eigenvalue weighted by molar-refractivity contribution is 4.71. The molecule has 0 atom stereocenters. The molecule has 4 heteroatoms. The van der Waals surface area contributed by atoms with Crippen molar-refractivity contribution >= 4 is 0 Å². The average Bonchev–Trinajstić information content (AvgIpc) is 2.56. The lowest BCUT2D eigenvalue weighted by molar-refractivity contribution is -1.09. The highest BCUT2D eigenvalue weighted by Gasteiger charge is 2.52. The van der Waals surface area contributed by atoms with Gasteiger partial charge in [0.15, 0.2) is 0 Å². The molecule has 0 aliphatic carbocycles. The van der Waals surface area contributed by atoms with Crippen LogP contribution in [0.25, 0.3) is 0 Å². The standard InChI is InChI=1S/C11H24N2.C10H21N2.2CH4/c1-11(2,3)13-8-5-12(4,6-9-13)7-10-13;1-10(2,3)12-7-4-11(5-8-12)6-9-12;;/h5-10H2,1-4H3;4-9H2,1-3H3;2*1H4/q+2;+1;;/p+1. The van der Waals surface area contributed by atoms with E-state index in [4.69, 9.17) is 0 Å². The molecule has 6 fully saturated rings. The van der Waals surface area contributed by atoms with Crippen molar-refractivity contribution in [1.29, 1.82) is 0 Å². The largest absolute Gasteiger partial charge is 0.321 e. The van der Waals surface area contributed by atoms with Crippen molar-refractivity contribution in [2.45, 2.75) is 67.5 Å². The number of nitrogens with one attached hydrogen (secondary N) is 1. The normalized spacial score (nSPS) is 40.3. The minimum Gasteiger partial charge on any atom is -0.321 e. The van der Waals surface area contributed by atoms with Gasteiger partial charge in [-0.05, 0) is 41.5 Å². The van der Waals surface area contributed by atoms with Gasteiger partial charge in [0.05, 0.1) is 18.1 Å². The average molecular weight is 387 g/mol. The van der Waals surface area contributed by atoms with Crippen molar-refractivity contribution in [2.75, 3.05) is 85.6 Å². The van der Waals surface area contributed by atoms with Gasteiger partial charge in [0.1, 0.15) is 78.5 Å². The zero-order chi connectivity index (χ0) is 18.6. The molecule has 0 aromatic heterocycles. The van der Waals surface area contributed by atoms with Crippen molar-refractivity contribution in [1.82, 2.24) is 0 Å². The molecule has 0 radical (unpaired) electrons. The van der Waals surface area contributed by atoms with Crippen molar-refractivity contribution in [2.24, 2.45) is 0 Å². The van der Waals surface area contributed by atoms with E-state index in [1.807, 2.05) is 4.90 Å². The Labute approximate surface area is 171 Å². The van der Waals surface area contributed by atoms with Crippen LogP contribution in [-0.2, 0) is 0 Å². The van der Waals surface area contributed by atoms with Gasteiger partial charge in [0.2, 0.25) is 0 Å². The molecule has 6 rings (SSSR count). The molecule has 6 saturated heterocycles. The first-order valence-electron chi connectivity index (χ1n) is 10.8. The third-order valence-corrected chi connectivity index (χ3v) is 8.73. The molecule has 162 valence electrons. The number of fused-ring (bicyclic) bond motifs is 6. The number of likely N-dealkylation sites (N-methyl/N-ethyl adjacent to an activating group) is 1. The van der Waals surface area contributed by atoms with Gasteiger partial charge in [-0.1, -0.05) is 14.9 Å². The lowest BCUT2D eigenvalue weighted by Gasteiger charge is -2.59. The fourth-order valence-corrected chi connectivity index (χ4v) is 5.81. The number of rotatable bonds is 0. The van der Waals surface area contributed by atoms with Crippen molar-refractivity contribution in [3.8, 4) is 0 Å². The maximum Gasteiger partial charge on any atom is 0.129 e. The SMILES string of the molecule is C.C.CC(C)(C)[N+]12CC[N+](C)(CC1)CC2.CC(C)(C)[N+]12CC[NH+](CC1)CC2. The smallest absolute Gasteiger partial charge is 0.129 e. The van der Waals surface area contributed by atoms with Crippen LogP contribution in [0.4, 0.5) is 0 Å². The van der Waals surface area contributed by atoms with Crippen LogP contribution < -0.4 is 4.90 Å². The van der Waals surface area contributed by atoms with E-state index in [9.17, 15) is 0 Å². The summed E-state index contributed by atoms with van der Waals surface area (Å²) in [5.74, 6) is 0. The lowest BCUT2D eigenvalue weighted by atomic mass is 9.95. The van der Waals surface area contributed by atoms with Gasteiger partial charge in [-0.25, -0.2) is 0 Å². The van der Waals surface area contributed by atoms with Gasteiger partial charge in [0.25, 0.3) is 0 Å². The molecule has 4 nitrogen and oxygen atoms in total. The van der Waals surface area contributed by atoms with E-state index in [1.54, 1.807) is 0 Å². The zero-order valence-corrected chi connectivity index (χ0v) is 18.3. The Balaban J connectivity index is 0.000000252. The van der Waals surface area contributed by atoms with Crippen LogP contribution >= 0.6 is 0 Å². The third-order valence-electron chi connectivity index (χ3n) is 8.73. The Morgan fingerprint density at radius 1 is 0.519 bits per heavy atom. The molecule has 0 amide bonds. The van der Waals surface area contributed by atoms with E-state index in [2.05, 4.69) is 48.6 Å². The number of hydrogen-bond donors (Lipinski definition) is 1. The Morgan fingerprint density at radius 3 is 1.07 bits per heavy atom. The summed E-state index contributed by atoms with van der Waals surface area (Å²) in [7, 11) is 2.43. The van der Waals surface area contributed by atoms with Crippen LogP contribution in [0.2, 0.25) is 0 Å². The van der Waals surface area contributed by atoms with Gasteiger partial charge < -0.3 is 18.3 Å². The molecule has 0 unspecified atom stereocenters. The fourth-order valence-electron chi connectivity index (χ4n) is 5.81. The molecule has 0 aromatic carbocycles.